The van der Waals surface area contributed by atoms with E-state index in [-0.39, 0.29) is 9.52 Å². The van der Waals surface area contributed by atoms with Gasteiger partial charge in [0.15, 0.2) is 0 Å². The summed E-state index contributed by atoms with van der Waals surface area (Å²) in [4.78, 5) is 0. The highest BCUT2D eigenvalue weighted by molar-refractivity contribution is 6.37. The van der Waals surface area contributed by atoms with Gasteiger partial charge in [-0.1, -0.05) is 6.55 Å². The Morgan fingerprint density at radius 3 is 2.83 bits per heavy atom. The number of rotatable bonds is 4. The fourth-order valence-corrected chi connectivity index (χ4v) is 3.54. The van der Waals surface area contributed by atoms with E-state index in [4.69, 9.17) is 10.5 Å². The fourth-order valence-electron chi connectivity index (χ4n) is 1.99. The molecule has 1 rings (SSSR count). The minimum absolute atomic E-state index is 0.0367. The van der Waals surface area contributed by atoms with Gasteiger partial charge in [-0.15, -0.1) is 0 Å². The number of hydrogen-bond donors (Lipinski definition) is 1. The molecule has 2 nitrogen and oxygen atoms in total. The Morgan fingerprint density at radius 2 is 2.33 bits per heavy atom. The summed E-state index contributed by atoms with van der Waals surface area (Å²) in [5.74, 6) is 0. The van der Waals surface area contributed by atoms with Crippen LogP contribution in [0.2, 0.25) is 6.55 Å². The highest BCUT2D eigenvalue weighted by atomic mass is 28.2. The SMILES string of the molecule is C[SiH2]C1(CCCN)CCCCO1. The van der Waals surface area contributed by atoms with E-state index in [1.165, 1.54) is 25.7 Å². The van der Waals surface area contributed by atoms with Crippen LogP contribution in [0.5, 0.6) is 0 Å². The second kappa shape index (κ2) is 4.99. The molecule has 12 heavy (non-hydrogen) atoms. The predicted octanol–water partition coefficient (Wildman–Crippen LogP) is 0.839. The lowest BCUT2D eigenvalue weighted by atomic mass is 10.0. The highest BCUT2D eigenvalue weighted by Crippen LogP contribution is 2.28. The Morgan fingerprint density at radius 1 is 1.50 bits per heavy atom. The summed E-state index contributed by atoms with van der Waals surface area (Å²) >= 11 is 0. The molecule has 1 heterocycles. The third-order valence-corrected chi connectivity index (χ3v) is 5.12. The van der Waals surface area contributed by atoms with E-state index in [1.54, 1.807) is 0 Å². The standard InChI is InChI=1S/C9H21NOSi/c1-12-9(6-4-7-10)5-2-3-8-11-9/h2-8,10,12H2,1H3. The maximum absolute atomic E-state index is 5.92. The van der Waals surface area contributed by atoms with Crippen molar-refractivity contribution < 1.29 is 4.74 Å². The average molecular weight is 187 g/mol. The molecule has 0 bridgehead atoms. The minimum Gasteiger partial charge on any atom is -0.379 e. The average Bonchev–Trinajstić information content (AvgIpc) is 2.16. The zero-order valence-electron chi connectivity index (χ0n) is 8.14. The van der Waals surface area contributed by atoms with E-state index >= 15 is 0 Å². The van der Waals surface area contributed by atoms with E-state index in [2.05, 4.69) is 6.55 Å². The molecule has 1 fully saturated rings. The molecule has 0 aromatic carbocycles. The lowest BCUT2D eigenvalue weighted by molar-refractivity contribution is -0.0257. The van der Waals surface area contributed by atoms with E-state index in [0.29, 0.717) is 5.22 Å². The lowest BCUT2D eigenvalue weighted by Gasteiger charge is -2.36. The number of nitrogens with two attached hydrogens (primary N) is 1. The molecule has 2 N–H and O–H groups in total. The Kier molecular flexibility index (Phi) is 4.25. The van der Waals surface area contributed by atoms with Crippen LogP contribution in [0.1, 0.15) is 32.1 Å². The van der Waals surface area contributed by atoms with Gasteiger partial charge in [-0.25, -0.2) is 0 Å². The van der Waals surface area contributed by atoms with E-state index in [1.807, 2.05) is 0 Å². The Bertz CT molecular complexity index is 124. The van der Waals surface area contributed by atoms with Crippen molar-refractivity contribution in [2.24, 2.45) is 5.73 Å². The van der Waals surface area contributed by atoms with Gasteiger partial charge in [-0.2, -0.15) is 0 Å². The van der Waals surface area contributed by atoms with Gasteiger partial charge in [0, 0.05) is 6.61 Å². The van der Waals surface area contributed by atoms with Crippen LogP contribution in [0, 0.1) is 0 Å². The van der Waals surface area contributed by atoms with Gasteiger partial charge >= 0.3 is 0 Å². The molecule has 0 amide bonds. The molecule has 1 aliphatic heterocycles. The van der Waals surface area contributed by atoms with Gasteiger partial charge < -0.3 is 10.5 Å². The van der Waals surface area contributed by atoms with Crippen LogP contribution in [0.3, 0.4) is 0 Å². The largest absolute Gasteiger partial charge is 0.379 e. The molecule has 0 spiro atoms. The smallest absolute Gasteiger partial charge is 0.0564 e. The van der Waals surface area contributed by atoms with E-state index in [9.17, 15) is 0 Å². The van der Waals surface area contributed by atoms with Crippen molar-refractivity contribution in [3.8, 4) is 0 Å². The van der Waals surface area contributed by atoms with E-state index < -0.39 is 0 Å². The molecule has 0 saturated carbocycles. The first-order valence-electron chi connectivity index (χ1n) is 5.17. The minimum atomic E-state index is -0.0367. The third kappa shape index (κ3) is 2.57. The van der Waals surface area contributed by atoms with Crippen LogP contribution >= 0.6 is 0 Å². The van der Waals surface area contributed by atoms with Crippen molar-refractivity contribution in [1.82, 2.24) is 0 Å². The summed E-state index contributed by atoms with van der Waals surface area (Å²) in [6, 6.07) is 0. The summed E-state index contributed by atoms with van der Waals surface area (Å²) in [6.07, 6.45) is 6.28. The quantitative estimate of drug-likeness (QED) is 0.662. The third-order valence-electron chi connectivity index (χ3n) is 2.92. The van der Waals surface area contributed by atoms with Crippen molar-refractivity contribution in [3.05, 3.63) is 0 Å². The zero-order chi connectivity index (χ0) is 8.86. The van der Waals surface area contributed by atoms with Crippen LogP contribution in [0.4, 0.5) is 0 Å². The van der Waals surface area contributed by atoms with Crippen LogP contribution in [0.15, 0.2) is 0 Å². The molecule has 0 aromatic rings. The molecule has 1 saturated heterocycles. The van der Waals surface area contributed by atoms with Crippen LogP contribution in [0.25, 0.3) is 0 Å². The maximum Gasteiger partial charge on any atom is 0.0564 e. The second-order valence-corrected chi connectivity index (χ2v) is 5.73. The molecule has 3 heteroatoms. The van der Waals surface area contributed by atoms with Crippen LogP contribution in [-0.2, 0) is 4.74 Å². The topological polar surface area (TPSA) is 35.2 Å². The Hall–Kier alpha value is 0.137. The summed E-state index contributed by atoms with van der Waals surface area (Å²) in [6.45, 7) is 4.17. The van der Waals surface area contributed by atoms with Gasteiger partial charge in [-0.05, 0) is 38.6 Å². The molecule has 1 aliphatic rings. The maximum atomic E-state index is 5.92. The lowest BCUT2D eigenvalue weighted by Crippen LogP contribution is -2.41. The van der Waals surface area contributed by atoms with Gasteiger partial charge in [0.25, 0.3) is 0 Å². The first-order chi connectivity index (χ1) is 5.83. The first-order valence-corrected chi connectivity index (χ1v) is 7.29. The monoisotopic (exact) mass is 187 g/mol. The molecule has 1 atom stereocenters. The number of hydrogen-bond acceptors (Lipinski definition) is 2. The molecule has 0 aliphatic carbocycles. The van der Waals surface area contributed by atoms with Crippen molar-refractivity contribution in [2.75, 3.05) is 13.2 Å². The van der Waals surface area contributed by atoms with Crippen molar-refractivity contribution in [3.63, 3.8) is 0 Å². The predicted molar refractivity (Wildman–Crippen MR) is 55.2 cm³/mol. The van der Waals surface area contributed by atoms with Crippen LogP contribution < -0.4 is 5.73 Å². The zero-order valence-corrected chi connectivity index (χ0v) is 9.56. The fraction of sp³-hybridized carbons (Fsp3) is 1.00. The normalized spacial score (nSPS) is 31.5. The number of ether oxygens (including phenoxy) is 1. The van der Waals surface area contributed by atoms with Crippen molar-refractivity contribution in [1.29, 1.82) is 0 Å². The van der Waals surface area contributed by atoms with Gasteiger partial charge in [0.1, 0.15) is 0 Å². The highest BCUT2D eigenvalue weighted by Gasteiger charge is 2.30. The summed E-state index contributed by atoms with van der Waals surface area (Å²) < 4.78 is 5.92. The molecule has 0 radical (unpaired) electrons. The molecular formula is C9H21NOSi. The summed E-state index contributed by atoms with van der Waals surface area (Å²) in [5.41, 5.74) is 5.52. The van der Waals surface area contributed by atoms with Gasteiger partial charge in [-0.3, -0.25) is 0 Å². The van der Waals surface area contributed by atoms with Crippen LogP contribution in [-0.4, -0.2) is 27.9 Å². The summed E-state index contributed by atoms with van der Waals surface area (Å²) in [7, 11) is -0.0367. The molecule has 1 unspecified atom stereocenters. The summed E-state index contributed by atoms with van der Waals surface area (Å²) in [5, 5.41) is 0.331. The van der Waals surface area contributed by atoms with Crippen molar-refractivity contribution in [2.45, 2.75) is 43.9 Å². The molecular weight excluding hydrogens is 166 g/mol. The van der Waals surface area contributed by atoms with Crippen molar-refractivity contribution >= 4 is 9.52 Å². The van der Waals surface area contributed by atoms with E-state index in [0.717, 1.165) is 19.6 Å². The Balaban J connectivity index is 2.37. The first kappa shape index (κ1) is 10.2. The van der Waals surface area contributed by atoms with Gasteiger partial charge in [0.05, 0.1) is 14.7 Å². The molecule has 72 valence electrons. The Labute approximate surface area is 77.7 Å². The van der Waals surface area contributed by atoms with Gasteiger partial charge in [0.2, 0.25) is 0 Å². The second-order valence-electron chi connectivity index (χ2n) is 3.73. The molecule has 0 aromatic heterocycles.